The van der Waals surface area contributed by atoms with Crippen molar-refractivity contribution >= 4 is 11.9 Å². The molecule has 0 atom stereocenters. The average Bonchev–Trinajstić information content (AvgIpc) is 2.98. The Balaban J connectivity index is 1.83. The molecule has 0 aliphatic carbocycles. The van der Waals surface area contributed by atoms with Crippen LogP contribution in [0, 0.1) is 26.7 Å². The second-order valence-electron chi connectivity index (χ2n) is 6.75. The van der Waals surface area contributed by atoms with Crippen molar-refractivity contribution in [2.75, 3.05) is 13.1 Å². The number of carboxylic acids is 1. The summed E-state index contributed by atoms with van der Waals surface area (Å²) in [5.41, 5.74) is 4.59. The first kappa shape index (κ1) is 17.2. The number of amides is 1. The smallest absolute Gasteiger partial charge is 0.306 e. The third-order valence-corrected chi connectivity index (χ3v) is 4.96. The maximum Gasteiger partial charge on any atom is 0.306 e. The Morgan fingerprint density at radius 3 is 2.48 bits per heavy atom. The molecule has 1 fully saturated rings. The lowest BCUT2D eigenvalue weighted by Gasteiger charge is -2.30. The highest BCUT2D eigenvalue weighted by molar-refractivity contribution is 5.95. The first-order chi connectivity index (χ1) is 11.9. The number of carboxylic acid groups (broad SMARTS) is 1. The molecule has 6 heteroatoms. The lowest BCUT2D eigenvalue weighted by molar-refractivity contribution is -0.143. The number of carbonyl (C=O) groups is 2. The maximum absolute atomic E-state index is 12.8. The molecule has 2 heterocycles. The van der Waals surface area contributed by atoms with Gasteiger partial charge in [-0.05, 0) is 50.8 Å². The molecule has 2 aromatic rings. The highest BCUT2D eigenvalue weighted by Crippen LogP contribution is 2.23. The number of benzene rings is 1. The molecule has 1 saturated heterocycles. The Kier molecular flexibility index (Phi) is 4.61. The Morgan fingerprint density at radius 1 is 1.16 bits per heavy atom. The third-order valence-electron chi connectivity index (χ3n) is 4.96. The molecule has 1 amide bonds. The summed E-state index contributed by atoms with van der Waals surface area (Å²) in [6.45, 7) is 6.90. The lowest BCUT2D eigenvalue weighted by atomic mass is 9.96. The topological polar surface area (TPSA) is 75.4 Å². The molecule has 0 unspecified atom stereocenters. The number of aromatic nitrogens is 2. The van der Waals surface area contributed by atoms with Crippen molar-refractivity contribution < 1.29 is 14.7 Å². The fourth-order valence-corrected chi connectivity index (χ4v) is 3.31. The zero-order chi connectivity index (χ0) is 18.1. The van der Waals surface area contributed by atoms with Gasteiger partial charge in [-0.15, -0.1) is 0 Å². The fourth-order valence-electron chi connectivity index (χ4n) is 3.31. The number of nitrogens with zero attached hydrogens (tertiary/aromatic N) is 3. The van der Waals surface area contributed by atoms with Gasteiger partial charge in [0.2, 0.25) is 0 Å². The van der Waals surface area contributed by atoms with Gasteiger partial charge >= 0.3 is 5.97 Å². The van der Waals surface area contributed by atoms with Gasteiger partial charge in [0.25, 0.3) is 5.91 Å². The van der Waals surface area contributed by atoms with E-state index < -0.39 is 5.97 Å². The molecule has 1 aliphatic rings. The van der Waals surface area contributed by atoms with Crippen molar-refractivity contribution in [3.05, 3.63) is 46.8 Å². The van der Waals surface area contributed by atoms with Crippen LogP contribution in [0.4, 0.5) is 0 Å². The van der Waals surface area contributed by atoms with Gasteiger partial charge in [0.05, 0.1) is 29.1 Å². The molecule has 1 aromatic carbocycles. The van der Waals surface area contributed by atoms with Gasteiger partial charge in [0.1, 0.15) is 0 Å². The summed E-state index contributed by atoms with van der Waals surface area (Å²) in [5.74, 6) is -1.19. The minimum Gasteiger partial charge on any atom is -0.481 e. The lowest BCUT2D eigenvalue weighted by Crippen LogP contribution is -2.40. The van der Waals surface area contributed by atoms with Gasteiger partial charge in [-0.25, -0.2) is 4.68 Å². The minimum atomic E-state index is -0.772. The number of carbonyl (C=O) groups excluding carboxylic acids is 1. The molecular weight excluding hydrogens is 318 g/mol. The zero-order valence-corrected chi connectivity index (χ0v) is 14.8. The van der Waals surface area contributed by atoms with Gasteiger partial charge in [-0.2, -0.15) is 5.10 Å². The van der Waals surface area contributed by atoms with E-state index >= 15 is 0 Å². The van der Waals surface area contributed by atoms with Gasteiger partial charge in [0.15, 0.2) is 0 Å². The SMILES string of the molecule is Cc1ccc(C)c(-n2ncc(C(=O)N3CCC(C(=O)O)CC3)c2C)c1. The summed E-state index contributed by atoms with van der Waals surface area (Å²) in [5, 5.41) is 13.5. The van der Waals surface area contributed by atoms with Gasteiger partial charge in [-0.3, -0.25) is 9.59 Å². The first-order valence-corrected chi connectivity index (χ1v) is 8.53. The Labute approximate surface area is 147 Å². The van der Waals surface area contributed by atoms with Crippen molar-refractivity contribution in [1.29, 1.82) is 0 Å². The molecule has 6 nitrogen and oxygen atoms in total. The van der Waals surface area contributed by atoms with E-state index in [1.54, 1.807) is 15.8 Å². The number of hydrogen-bond acceptors (Lipinski definition) is 3. The third kappa shape index (κ3) is 3.29. The van der Waals surface area contributed by atoms with Crippen LogP contribution in [0.5, 0.6) is 0 Å². The zero-order valence-electron chi connectivity index (χ0n) is 14.8. The van der Waals surface area contributed by atoms with Crippen LogP contribution in [0.1, 0.15) is 40.0 Å². The van der Waals surface area contributed by atoms with Crippen LogP contribution in [0.25, 0.3) is 5.69 Å². The average molecular weight is 341 g/mol. The molecule has 0 saturated carbocycles. The highest BCUT2D eigenvalue weighted by atomic mass is 16.4. The van der Waals surface area contributed by atoms with Gasteiger partial charge in [0, 0.05) is 13.1 Å². The van der Waals surface area contributed by atoms with E-state index in [9.17, 15) is 9.59 Å². The standard InChI is InChI=1S/C19H23N3O3/c1-12-4-5-13(2)17(10-12)22-14(3)16(11-20-22)18(23)21-8-6-15(7-9-21)19(24)25/h4-5,10-11,15H,6-9H2,1-3H3,(H,24,25). The quantitative estimate of drug-likeness (QED) is 0.931. The molecule has 0 spiro atoms. The van der Waals surface area contributed by atoms with Crippen molar-refractivity contribution in [1.82, 2.24) is 14.7 Å². The van der Waals surface area contributed by atoms with E-state index in [1.165, 1.54) is 0 Å². The van der Waals surface area contributed by atoms with Crippen LogP contribution >= 0.6 is 0 Å². The molecular formula is C19H23N3O3. The number of aryl methyl sites for hydroxylation is 2. The van der Waals surface area contributed by atoms with E-state index in [4.69, 9.17) is 5.11 Å². The predicted octanol–water partition coefficient (Wildman–Crippen LogP) is 2.73. The Bertz CT molecular complexity index is 817. The van der Waals surface area contributed by atoms with Crippen molar-refractivity contribution in [2.24, 2.45) is 5.92 Å². The summed E-state index contributed by atoms with van der Waals surface area (Å²) in [6, 6.07) is 6.15. The minimum absolute atomic E-state index is 0.0714. The molecule has 0 radical (unpaired) electrons. The summed E-state index contributed by atoms with van der Waals surface area (Å²) in [6.07, 6.45) is 2.62. The predicted molar refractivity (Wildman–Crippen MR) is 94.0 cm³/mol. The molecule has 1 aliphatic heterocycles. The van der Waals surface area contributed by atoms with Crippen LogP contribution < -0.4 is 0 Å². The normalized spacial score (nSPS) is 15.4. The molecule has 0 bridgehead atoms. The molecule has 1 N–H and O–H groups in total. The molecule has 25 heavy (non-hydrogen) atoms. The molecule has 3 rings (SSSR count). The van der Waals surface area contributed by atoms with E-state index in [0.29, 0.717) is 31.5 Å². The van der Waals surface area contributed by atoms with Gasteiger partial charge in [-0.1, -0.05) is 12.1 Å². The summed E-state index contributed by atoms with van der Waals surface area (Å²) >= 11 is 0. The van der Waals surface area contributed by atoms with Crippen LogP contribution in [-0.2, 0) is 4.79 Å². The number of likely N-dealkylation sites (tertiary alicyclic amines) is 1. The maximum atomic E-state index is 12.8. The Morgan fingerprint density at radius 2 is 1.84 bits per heavy atom. The van der Waals surface area contributed by atoms with E-state index in [1.807, 2.05) is 26.8 Å². The van der Waals surface area contributed by atoms with Crippen LogP contribution in [0.2, 0.25) is 0 Å². The van der Waals surface area contributed by atoms with Gasteiger partial charge < -0.3 is 10.0 Å². The van der Waals surface area contributed by atoms with Crippen molar-refractivity contribution in [2.45, 2.75) is 33.6 Å². The molecule has 1 aromatic heterocycles. The fraction of sp³-hybridized carbons (Fsp3) is 0.421. The van der Waals surface area contributed by atoms with E-state index in [0.717, 1.165) is 22.5 Å². The highest BCUT2D eigenvalue weighted by Gasteiger charge is 2.29. The first-order valence-electron chi connectivity index (χ1n) is 8.53. The summed E-state index contributed by atoms with van der Waals surface area (Å²) in [7, 11) is 0. The van der Waals surface area contributed by atoms with Crippen LogP contribution in [-0.4, -0.2) is 44.8 Å². The monoisotopic (exact) mass is 341 g/mol. The van der Waals surface area contributed by atoms with Crippen LogP contribution in [0.15, 0.2) is 24.4 Å². The molecule has 132 valence electrons. The second kappa shape index (κ2) is 6.70. The number of rotatable bonds is 3. The number of piperidine rings is 1. The van der Waals surface area contributed by atoms with Crippen molar-refractivity contribution in [3.63, 3.8) is 0 Å². The largest absolute Gasteiger partial charge is 0.481 e. The van der Waals surface area contributed by atoms with Crippen LogP contribution in [0.3, 0.4) is 0 Å². The number of hydrogen-bond donors (Lipinski definition) is 1. The Hall–Kier alpha value is -2.63. The van der Waals surface area contributed by atoms with E-state index in [2.05, 4.69) is 17.2 Å². The second-order valence-corrected chi connectivity index (χ2v) is 6.75. The summed E-state index contributed by atoms with van der Waals surface area (Å²) < 4.78 is 1.81. The van der Waals surface area contributed by atoms with Crippen molar-refractivity contribution in [3.8, 4) is 5.69 Å². The number of aliphatic carboxylic acids is 1. The van der Waals surface area contributed by atoms with E-state index in [-0.39, 0.29) is 11.8 Å². The summed E-state index contributed by atoms with van der Waals surface area (Å²) in [4.78, 5) is 25.6.